The molecule has 0 bridgehead atoms. The molecule has 0 aliphatic heterocycles. The summed E-state index contributed by atoms with van der Waals surface area (Å²) >= 11 is 6.20. The van der Waals surface area contributed by atoms with Gasteiger partial charge in [-0.3, -0.25) is 0 Å². The zero-order valence-corrected chi connectivity index (χ0v) is 13.6. The summed E-state index contributed by atoms with van der Waals surface area (Å²) in [6.07, 6.45) is 7.74. The maximum absolute atomic E-state index is 6.20. The molecular formula is C17H22ClN3O. The fourth-order valence-electron chi connectivity index (χ4n) is 3.05. The molecule has 1 N–H and O–H groups in total. The Balaban J connectivity index is 1.57. The Labute approximate surface area is 136 Å². The quantitative estimate of drug-likeness (QED) is 0.849. The number of methoxy groups -OCH3 is 1. The topological polar surface area (TPSA) is 39.1 Å². The third-order valence-electron chi connectivity index (χ3n) is 4.43. The number of rotatable bonds is 7. The number of hydrogen-bond acceptors (Lipinski definition) is 3. The van der Waals surface area contributed by atoms with Crippen molar-refractivity contribution < 1.29 is 4.74 Å². The molecule has 0 spiro atoms. The molecule has 0 radical (unpaired) electrons. The second-order valence-electron chi connectivity index (χ2n) is 6.13. The summed E-state index contributed by atoms with van der Waals surface area (Å²) in [7, 11) is 1.79. The number of para-hydroxylation sites is 1. The molecule has 118 valence electrons. The maximum Gasteiger partial charge on any atom is 0.0831 e. The summed E-state index contributed by atoms with van der Waals surface area (Å²) in [6, 6.07) is 7.73. The van der Waals surface area contributed by atoms with Crippen molar-refractivity contribution in [3.8, 4) is 5.69 Å². The molecule has 2 aromatic rings. The highest BCUT2D eigenvalue weighted by atomic mass is 35.5. The van der Waals surface area contributed by atoms with E-state index in [1.165, 1.54) is 19.3 Å². The predicted octanol–water partition coefficient (Wildman–Crippen LogP) is 3.43. The zero-order chi connectivity index (χ0) is 15.4. The van der Waals surface area contributed by atoms with Gasteiger partial charge in [0.15, 0.2) is 0 Å². The number of halogens is 1. The molecule has 3 rings (SSSR count). The Bertz CT molecular complexity index is 622. The summed E-state index contributed by atoms with van der Waals surface area (Å²) in [4.78, 5) is 0. The normalized spacial score (nSPS) is 16.5. The van der Waals surface area contributed by atoms with E-state index in [1.54, 1.807) is 7.11 Å². The van der Waals surface area contributed by atoms with Gasteiger partial charge in [0.05, 0.1) is 23.5 Å². The molecule has 0 unspecified atom stereocenters. The Hall–Kier alpha value is -1.36. The lowest BCUT2D eigenvalue weighted by atomic mass is 9.69. The fraction of sp³-hybridized carbons (Fsp3) is 0.471. The van der Waals surface area contributed by atoms with Crippen LogP contribution >= 0.6 is 11.6 Å². The summed E-state index contributed by atoms with van der Waals surface area (Å²) in [6.45, 7) is 2.66. The molecule has 0 amide bonds. The van der Waals surface area contributed by atoms with Crippen LogP contribution in [0.15, 0.2) is 36.7 Å². The predicted molar refractivity (Wildman–Crippen MR) is 88.4 cm³/mol. The Kier molecular flexibility index (Phi) is 4.81. The Morgan fingerprint density at radius 3 is 2.86 bits per heavy atom. The molecule has 1 aromatic heterocycles. The van der Waals surface area contributed by atoms with Crippen LogP contribution in [0.25, 0.3) is 5.69 Å². The highest BCUT2D eigenvalue weighted by Crippen LogP contribution is 2.40. The number of hydrogen-bond donors (Lipinski definition) is 1. The van der Waals surface area contributed by atoms with E-state index in [2.05, 4.69) is 10.4 Å². The summed E-state index contributed by atoms with van der Waals surface area (Å²) < 4.78 is 7.18. The van der Waals surface area contributed by atoms with Crippen molar-refractivity contribution in [3.63, 3.8) is 0 Å². The average Bonchev–Trinajstić information content (AvgIpc) is 2.94. The molecule has 4 nitrogen and oxygen atoms in total. The number of ether oxygens (including phenoxy) is 1. The van der Waals surface area contributed by atoms with Crippen molar-refractivity contribution in [1.29, 1.82) is 0 Å². The van der Waals surface area contributed by atoms with Gasteiger partial charge in [-0.25, -0.2) is 4.68 Å². The van der Waals surface area contributed by atoms with Gasteiger partial charge >= 0.3 is 0 Å². The molecule has 1 aliphatic rings. The second-order valence-corrected chi connectivity index (χ2v) is 6.54. The highest BCUT2D eigenvalue weighted by molar-refractivity contribution is 6.32. The van der Waals surface area contributed by atoms with Crippen molar-refractivity contribution in [2.45, 2.75) is 25.8 Å². The monoisotopic (exact) mass is 319 g/mol. The third-order valence-corrected chi connectivity index (χ3v) is 4.75. The molecular weight excluding hydrogens is 298 g/mol. The largest absolute Gasteiger partial charge is 0.384 e. The third kappa shape index (κ3) is 3.35. The maximum atomic E-state index is 6.20. The number of nitrogens with one attached hydrogen (secondary N) is 1. The van der Waals surface area contributed by atoms with Crippen molar-refractivity contribution in [3.05, 3.63) is 47.2 Å². The standard InChI is InChI=1S/C17H22ClN3O/c1-22-13-17(7-4-8-17)12-19-9-14-10-20-21(11-14)16-6-3-2-5-15(16)18/h2-3,5-6,10-11,19H,4,7-9,12-13H2,1H3. The fourth-order valence-corrected chi connectivity index (χ4v) is 3.27. The SMILES string of the molecule is COCC1(CNCc2cnn(-c3ccccc3Cl)c2)CCC1. The van der Waals surface area contributed by atoms with Gasteiger partial charge in [0, 0.05) is 37.4 Å². The lowest BCUT2D eigenvalue weighted by Gasteiger charge is -2.41. The molecule has 0 atom stereocenters. The van der Waals surface area contributed by atoms with Crippen LogP contribution in [0.4, 0.5) is 0 Å². The van der Waals surface area contributed by atoms with Crippen LogP contribution < -0.4 is 5.32 Å². The van der Waals surface area contributed by atoms with E-state index >= 15 is 0 Å². The molecule has 1 heterocycles. The van der Waals surface area contributed by atoms with Gasteiger partial charge < -0.3 is 10.1 Å². The van der Waals surface area contributed by atoms with Crippen LogP contribution in [0.1, 0.15) is 24.8 Å². The van der Waals surface area contributed by atoms with Crippen LogP contribution in [0.2, 0.25) is 5.02 Å². The van der Waals surface area contributed by atoms with Gasteiger partial charge in [-0.1, -0.05) is 30.2 Å². The van der Waals surface area contributed by atoms with E-state index < -0.39 is 0 Å². The first-order valence-corrected chi connectivity index (χ1v) is 8.08. The lowest BCUT2D eigenvalue weighted by Crippen LogP contribution is -2.43. The van der Waals surface area contributed by atoms with E-state index in [0.717, 1.165) is 30.9 Å². The van der Waals surface area contributed by atoms with Crippen molar-refractivity contribution in [1.82, 2.24) is 15.1 Å². The number of aromatic nitrogens is 2. The van der Waals surface area contributed by atoms with Gasteiger partial charge in [0.1, 0.15) is 0 Å². The first-order valence-electron chi connectivity index (χ1n) is 7.71. The van der Waals surface area contributed by atoms with Gasteiger partial charge in [0.25, 0.3) is 0 Å². The van der Waals surface area contributed by atoms with Crippen molar-refractivity contribution >= 4 is 11.6 Å². The summed E-state index contributed by atoms with van der Waals surface area (Å²) in [5.74, 6) is 0. The van der Waals surface area contributed by atoms with Crippen LogP contribution in [-0.2, 0) is 11.3 Å². The smallest absolute Gasteiger partial charge is 0.0831 e. The van der Waals surface area contributed by atoms with Crippen LogP contribution in [0.5, 0.6) is 0 Å². The van der Waals surface area contributed by atoms with Gasteiger partial charge in [-0.2, -0.15) is 5.10 Å². The summed E-state index contributed by atoms with van der Waals surface area (Å²) in [5.41, 5.74) is 2.41. The second kappa shape index (κ2) is 6.82. The first kappa shape index (κ1) is 15.5. The Morgan fingerprint density at radius 2 is 2.18 bits per heavy atom. The van der Waals surface area contributed by atoms with E-state index in [0.29, 0.717) is 10.4 Å². The van der Waals surface area contributed by atoms with E-state index in [9.17, 15) is 0 Å². The summed E-state index contributed by atoms with van der Waals surface area (Å²) in [5, 5.41) is 8.65. The van der Waals surface area contributed by atoms with Crippen LogP contribution in [0.3, 0.4) is 0 Å². The molecule has 5 heteroatoms. The molecule has 1 fully saturated rings. The molecule has 1 aliphatic carbocycles. The van der Waals surface area contributed by atoms with E-state index in [4.69, 9.17) is 16.3 Å². The van der Waals surface area contributed by atoms with Gasteiger partial charge in [-0.05, 0) is 25.0 Å². The van der Waals surface area contributed by atoms with E-state index in [1.807, 2.05) is 41.3 Å². The average molecular weight is 320 g/mol. The van der Waals surface area contributed by atoms with Crippen LogP contribution in [-0.4, -0.2) is 30.0 Å². The highest BCUT2D eigenvalue weighted by Gasteiger charge is 2.36. The minimum Gasteiger partial charge on any atom is -0.384 e. The van der Waals surface area contributed by atoms with Crippen molar-refractivity contribution in [2.75, 3.05) is 20.3 Å². The minimum absolute atomic E-state index is 0.341. The van der Waals surface area contributed by atoms with Crippen LogP contribution in [0, 0.1) is 5.41 Å². The Morgan fingerprint density at radius 1 is 1.36 bits per heavy atom. The van der Waals surface area contributed by atoms with Gasteiger partial charge in [0.2, 0.25) is 0 Å². The molecule has 1 saturated carbocycles. The lowest BCUT2D eigenvalue weighted by molar-refractivity contribution is 0.0177. The first-order chi connectivity index (χ1) is 10.7. The minimum atomic E-state index is 0.341. The van der Waals surface area contributed by atoms with Crippen molar-refractivity contribution in [2.24, 2.45) is 5.41 Å². The molecule has 0 saturated heterocycles. The number of nitrogens with zero attached hydrogens (tertiary/aromatic N) is 2. The van der Waals surface area contributed by atoms with E-state index in [-0.39, 0.29) is 0 Å². The zero-order valence-electron chi connectivity index (χ0n) is 12.9. The molecule has 1 aromatic carbocycles. The van der Waals surface area contributed by atoms with Gasteiger partial charge in [-0.15, -0.1) is 0 Å². The number of benzene rings is 1. The molecule has 22 heavy (non-hydrogen) atoms.